The van der Waals surface area contributed by atoms with Gasteiger partial charge in [0.2, 0.25) is 0 Å². The Morgan fingerprint density at radius 1 is 1.00 bits per heavy atom. The van der Waals surface area contributed by atoms with Crippen molar-refractivity contribution in [2.75, 3.05) is 45.8 Å². The van der Waals surface area contributed by atoms with Crippen molar-refractivity contribution >= 4 is 17.7 Å². The molecule has 21 heavy (non-hydrogen) atoms. The summed E-state index contributed by atoms with van der Waals surface area (Å²) >= 11 is 5.89. The Balaban J connectivity index is 0.00000161. The SMILES string of the molecule is Clc1ccc(/C=C/CN2CC[N+]3(CCCC3)CC2)cc1.[Br-]. The molecule has 0 aliphatic carbocycles. The molecule has 0 N–H and O–H groups in total. The van der Waals surface area contributed by atoms with Gasteiger partial charge in [-0.05, 0) is 17.7 Å². The third-order valence-corrected chi connectivity index (χ3v) is 5.09. The van der Waals surface area contributed by atoms with Gasteiger partial charge in [-0.1, -0.05) is 35.9 Å². The zero-order valence-corrected chi connectivity index (χ0v) is 14.8. The lowest BCUT2D eigenvalue weighted by Gasteiger charge is -2.41. The Morgan fingerprint density at radius 2 is 1.62 bits per heavy atom. The fourth-order valence-corrected chi connectivity index (χ4v) is 3.60. The molecule has 0 aromatic heterocycles. The second-order valence-electron chi connectivity index (χ2n) is 6.20. The summed E-state index contributed by atoms with van der Waals surface area (Å²) < 4.78 is 1.40. The second kappa shape index (κ2) is 7.77. The highest BCUT2D eigenvalue weighted by molar-refractivity contribution is 6.30. The van der Waals surface area contributed by atoms with Gasteiger partial charge in [0.1, 0.15) is 0 Å². The quantitative estimate of drug-likeness (QED) is 0.690. The van der Waals surface area contributed by atoms with Gasteiger partial charge < -0.3 is 21.5 Å². The fourth-order valence-electron chi connectivity index (χ4n) is 3.48. The molecule has 4 heteroatoms. The molecule has 2 aliphatic heterocycles. The average molecular weight is 372 g/mol. The summed E-state index contributed by atoms with van der Waals surface area (Å²) in [5.41, 5.74) is 1.23. The lowest BCUT2D eigenvalue weighted by Crippen LogP contribution is -3.00. The van der Waals surface area contributed by atoms with E-state index in [1.54, 1.807) is 0 Å². The predicted octanol–water partition coefficient (Wildman–Crippen LogP) is 0.283. The van der Waals surface area contributed by atoms with Crippen molar-refractivity contribution in [3.63, 3.8) is 0 Å². The highest BCUT2D eigenvalue weighted by Crippen LogP contribution is 2.22. The van der Waals surface area contributed by atoms with Gasteiger partial charge in [0.15, 0.2) is 0 Å². The highest BCUT2D eigenvalue weighted by atomic mass is 79.9. The molecule has 2 aliphatic rings. The van der Waals surface area contributed by atoms with Crippen molar-refractivity contribution < 1.29 is 21.5 Å². The Labute approximate surface area is 143 Å². The van der Waals surface area contributed by atoms with E-state index in [2.05, 4.69) is 29.2 Å². The number of benzene rings is 1. The molecular formula is C17H24BrClN2. The summed E-state index contributed by atoms with van der Waals surface area (Å²) in [5, 5.41) is 0.804. The molecule has 2 saturated heterocycles. The summed E-state index contributed by atoms with van der Waals surface area (Å²) in [6, 6.07) is 8.03. The van der Waals surface area contributed by atoms with Crippen molar-refractivity contribution in [2.24, 2.45) is 0 Å². The Morgan fingerprint density at radius 3 is 2.24 bits per heavy atom. The van der Waals surface area contributed by atoms with Crippen LogP contribution in [0.15, 0.2) is 30.3 Å². The molecule has 2 nitrogen and oxygen atoms in total. The number of hydrogen-bond donors (Lipinski definition) is 0. The van der Waals surface area contributed by atoms with E-state index < -0.39 is 0 Å². The zero-order chi connectivity index (χ0) is 13.8. The first-order valence-electron chi connectivity index (χ1n) is 7.75. The first kappa shape index (κ1) is 17.0. The van der Waals surface area contributed by atoms with E-state index in [9.17, 15) is 0 Å². The molecule has 2 fully saturated rings. The van der Waals surface area contributed by atoms with Crippen LogP contribution in [0.25, 0.3) is 6.08 Å². The van der Waals surface area contributed by atoms with Crippen LogP contribution in [0.5, 0.6) is 0 Å². The van der Waals surface area contributed by atoms with Gasteiger partial charge >= 0.3 is 0 Å². The molecule has 3 rings (SSSR count). The first-order chi connectivity index (χ1) is 9.76. The van der Waals surface area contributed by atoms with Gasteiger partial charge in [0, 0.05) is 37.5 Å². The average Bonchev–Trinajstić information content (AvgIpc) is 2.92. The molecular weight excluding hydrogens is 348 g/mol. The number of piperazine rings is 1. The van der Waals surface area contributed by atoms with E-state index in [4.69, 9.17) is 11.6 Å². The van der Waals surface area contributed by atoms with Gasteiger partial charge in [-0.15, -0.1) is 0 Å². The maximum absolute atomic E-state index is 5.89. The van der Waals surface area contributed by atoms with Crippen LogP contribution >= 0.6 is 11.6 Å². The summed E-state index contributed by atoms with van der Waals surface area (Å²) in [6.45, 7) is 9.14. The van der Waals surface area contributed by atoms with Crippen molar-refractivity contribution in [3.05, 3.63) is 40.9 Å². The van der Waals surface area contributed by atoms with Crippen molar-refractivity contribution in [2.45, 2.75) is 12.8 Å². The van der Waals surface area contributed by atoms with Crippen molar-refractivity contribution in [1.82, 2.24) is 4.90 Å². The van der Waals surface area contributed by atoms with Crippen LogP contribution in [0.2, 0.25) is 5.02 Å². The van der Waals surface area contributed by atoms with E-state index in [0.717, 1.165) is 11.6 Å². The monoisotopic (exact) mass is 370 g/mol. The highest BCUT2D eigenvalue weighted by Gasteiger charge is 2.35. The van der Waals surface area contributed by atoms with Crippen LogP contribution in [0, 0.1) is 0 Å². The molecule has 0 saturated carbocycles. The van der Waals surface area contributed by atoms with Crippen LogP contribution in [-0.4, -0.2) is 55.2 Å². The summed E-state index contributed by atoms with van der Waals surface area (Å²) in [4.78, 5) is 2.58. The predicted molar refractivity (Wildman–Crippen MR) is 85.9 cm³/mol. The van der Waals surface area contributed by atoms with Crippen molar-refractivity contribution in [3.8, 4) is 0 Å². The summed E-state index contributed by atoms with van der Waals surface area (Å²) in [7, 11) is 0. The standard InChI is InChI=1S/C17H24ClN2.BrH/c18-17-7-5-16(6-8-17)4-3-9-19-10-14-20(15-11-19)12-1-2-13-20;/h3-8H,1-2,9-15H2;1H/q+1;/p-1/b4-3+;. The molecule has 1 aromatic rings. The zero-order valence-electron chi connectivity index (χ0n) is 12.5. The minimum Gasteiger partial charge on any atom is -1.00 e. The maximum Gasteiger partial charge on any atom is 0.0916 e. The molecule has 2 heterocycles. The van der Waals surface area contributed by atoms with E-state index in [1.165, 1.54) is 62.2 Å². The smallest absolute Gasteiger partial charge is 0.0916 e. The molecule has 0 unspecified atom stereocenters. The summed E-state index contributed by atoms with van der Waals surface area (Å²) in [5.74, 6) is 0. The van der Waals surface area contributed by atoms with Crippen LogP contribution < -0.4 is 17.0 Å². The topological polar surface area (TPSA) is 3.24 Å². The van der Waals surface area contributed by atoms with Crippen molar-refractivity contribution in [1.29, 1.82) is 0 Å². The van der Waals surface area contributed by atoms with Crippen LogP contribution in [0.3, 0.4) is 0 Å². The maximum atomic E-state index is 5.89. The number of quaternary nitrogens is 1. The molecule has 1 spiro atoms. The molecule has 0 atom stereocenters. The molecule has 0 amide bonds. The molecule has 0 radical (unpaired) electrons. The van der Waals surface area contributed by atoms with E-state index >= 15 is 0 Å². The minimum atomic E-state index is 0. The number of nitrogens with zero attached hydrogens (tertiary/aromatic N) is 2. The Kier molecular flexibility index (Phi) is 6.30. The largest absolute Gasteiger partial charge is 1.00 e. The second-order valence-corrected chi connectivity index (χ2v) is 6.63. The number of rotatable bonds is 3. The lowest BCUT2D eigenvalue weighted by molar-refractivity contribution is -0.920. The van der Waals surface area contributed by atoms with E-state index in [-0.39, 0.29) is 17.0 Å². The third-order valence-electron chi connectivity index (χ3n) is 4.84. The van der Waals surface area contributed by atoms with Crippen LogP contribution in [-0.2, 0) is 0 Å². The number of hydrogen-bond acceptors (Lipinski definition) is 1. The Bertz CT molecular complexity index is 456. The van der Waals surface area contributed by atoms with Gasteiger partial charge in [0.05, 0.1) is 26.2 Å². The molecule has 0 bridgehead atoms. The summed E-state index contributed by atoms with van der Waals surface area (Å²) in [6.07, 6.45) is 7.36. The third kappa shape index (κ3) is 4.56. The van der Waals surface area contributed by atoms with Crippen LogP contribution in [0.1, 0.15) is 18.4 Å². The lowest BCUT2D eigenvalue weighted by atomic mass is 10.2. The Hall–Kier alpha value is -0.350. The van der Waals surface area contributed by atoms with Gasteiger partial charge in [0.25, 0.3) is 0 Å². The first-order valence-corrected chi connectivity index (χ1v) is 8.13. The number of halogens is 2. The van der Waals surface area contributed by atoms with E-state index in [1.807, 2.05) is 12.1 Å². The minimum absolute atomic E-state index is 0. The van der Waals surface area contributed by atoms with Gasteiger partial charge in [-0.2, -0.15) is 0 Å². The fraction of sp³-hybridized carbons (Fsp3) is 0.529. The molecule has 116 valence electrons. The van der Waals surface area contributed by atoms with Crippen LogP contribution in [0.4, 0.5) is 0 Å². The molecule has 1 aromatic carbocycles. The van der Waals surface area contributed by atoms with Gasteiger partial charge in [-0.3, -0.25) is 4.90 Å². The van der Waals surface area contributed by atoms with E-state index in [0.29, 0.717) is 0 Å². The normalized spacial score (nSPS) is 21.8. The van der Waals surface area contributed by atoms with Gasteiger partial charge in [-0.25, -0.2) is 0 Å².